The Morgan fingerprint density at radius 1 is 0.327 bits per heavy atom. The smallest absolute Gasteiger partial charge is 0.481 e. The van der Waals surface area contributed by atoms with Crippen LogP contribution in [0.1, 0.15) is 16.8 Å². The quantitative estimate of drug-likeness (QED) is 0.0243. The molecule has 0 aliphatic heterocycles. The van der Waals surface area contributed by atoms with Crippen LogP contribution in [0.2, 0.25) is 5.15 Å². The van der Waals surface area contributed by atoms with E-state index in [4.69, 9.17) is 26.4 Å². The van der Waals surface area contributed by atoms with E-state index in [0.29, 0.717) is 60.8 Å². The van der Waals surface area contributed by atoms with Gasteiger partial charge in [-0.15, -0.1) is 0 Å². The zero-order valence-corrected chi connectivity index (χ0v) is 84.6. The zero-order valence-electron chi connectivity index (χ0n) is 78.7. The van der Waals surface area contributed by atoms with Gasteiger partial charge < -0.3 is 19.9 Å². The predicted molar refractivity (Wildman–Crippen MR) is 591 cm³/mol. The van der Waals surface area contributed by atoms with Gasteiger partial charge in [-0.05, 0) is 186 Å². The maximum atomic E-state index is 13.3. The van der Waals surface area contributed by atoms with E-state index in [0.717, 1.165) is 24.3 Å². The summed E-state index contributed by atoms with van der Waals surface area (Å²) in [4.78, 5) is 50.9. The summed E-state index contributed by atoms with van der Waals surface area (Å²) in [5.41, 5.74) is 1.56. The van der Waals surface area contributed by atoms with Crippen LogP contribution in [0.4, 0.5) is 26.3 Å². The van der Waals surface area contributed by atoms with Crippen LogP contribution in [0.15, 0.2) is 520 Å². The second kappa shape index (κ2) is 52.1. The third kappa shape index (κ3) is 27.6. The van der Waals surface area contributed by atoms with Gasteiger partial charge in [-0.25, -0.2) is 15.0 Å². The normalized spacial score (nSPS) is 11.0. The molecule has 0 aliphatic rings. The molecule has 8 aromatic heterocycles. The fourth-order valence-electron chi connectivity index (χ4n) is 16.1. The van der Waals surface area contributed by atoms with E-state index in [1.165, 1.54) is 135 Å². The molecule has 0 saturated carbocycles. The van der Waals surface area contributed by atoms with E-state index >= 15 is 0 Å². The summed E-state index contributed by atoms with van der Waals surface area (Å²) in [7, 11) is -1.89. The first-order valence-electron chi connectivity index (χ1n) is 46.1. The van der Waals surface area contributed by atoms with Crippen molar-refractivity contribution >= 4 is 163 Å². The number of aliphatic hydroxyl groups excluding tert-OH is 1. The van der Waals surface area contributed by atoms with E-state index in [1.807, 2.05) is 0 Å². The van der Waals surface area contributed by atoms with Gasteiger partial charge in [0.2, 0.25) is 5.88 Å². The maximum absolute atomic E-state index is 13.3. The molecule has 0 aliphatic carbocycles. The van der Waals surface area contributed by atoms with Gasteiger partial charge in [-0.3, -0.25) is 33.7 Å². The average Bonchev–Trinajstić information content (AvgIpc) is 0.743. The van der Waals surface area contributed by atoms with Crippen molar-refractivity contribution in [1.82, 2.24) is 39.0 Å². The van der Waals surface area contributed by atoms with E-state index in [-0.39, 0.29) is 54.9 Å². The van der Waals surface area contributed by atoms with Gasteiger partial charge in [-0.2, -0.15) is 26.3 Å². The SMILES string of the molecule is COc1ncccc1B(O)O.O=c1ccc2cnc3ccc(-c4cccnc4CO)nc3c2n1-c1cccc(C(F)(F)F)c1.O=c1ccc2cnc3ccc(Cl)nc3c2n1-c1cccc(C(F)(F)F)c1.[Pd].c1ccc(P(c2ccccc2)c2ccccc2)cc1.c1ccc(P(c2ccccc2)c2ccccc2)cc1.c1ccc(P(c2ccccc2)c2ccccc2)cc1.c1ccc(P(c2ccccc2)c2ccccc2)cc1. The molecular formula is C120H92BClF6N8O6P4Pd. The first kappa shape index (κ1) is 106. The van der Waals surface area contributed by atoms with E-state index in [1.54, 1.807) is 67.0 Å². The molecule has 3 N–H and O–H groups in total. The number of pyridine rings is 8. The molecule has 730 valence electrons. The van der Waals surface area contributed by atoms with Crippen molar-refractivity contribution in [3.8, 4) is 28.5 Å². The molecule has 0 spiro atoms. The molecule has 147 heavy (non-hydrogen) atoms. The Hall–Kier alpha value is -15.1. The number of hydrogen-bond donors (Lipinski definition) is 3. The fourth-order valence-corrected chi connectivity index (χ4v) is 25.5. The first-order chi connectivity index (χ1) is 71.3. The summed E-state index contributed by atoms with van der Waals surface area (Å²) in [5.74, 6) is 0.238. The molecule has 0 amide bonds. The Morgan fingerprint density at radius 3 is 0.891 bits per heavy atom. The molecule has 22 rings (SSSR count). The fraction of sp³-hybridized carbons (Fsp3) is 0.0333. The molecular weight excluding hydrogens is 2040 g/mol. The summed E-state index contributed by atoms with van der Waals surface area (Å²) >= 11 is 5.97. The maximum Gasteiger partial charge on any atom is 0.493 e. The van der Waals surface area contributed by atoms with Gasteiger partial charge in [-0.1, -0.05) is 394 Å². The molecule has 0 radical (unpaired) electrons. The molecule has 0 saturated heterocycles. The van der Waals surface area contributed by atoms with Crippen LogP contribution >= 0.6 is 43.3 Å². The van der Waals surface area contributed by atoms with Crippen LogP contribution in [0.25, 0.3) is 66.5 Å². The molecule has 27 heteroatoms. The van der Waals surface area contributed by atoms with Gasteiger partial charge in [0.05, 0.1) is 58.3 Å². The third-order valence-corrected chi connectivity index (χ3v) is 32.7. The molecule has 0 bridgehead atoms. The largest absolute Gasteiger partial charge is 0.493 e. The van der Waals surface area contributed by atoms with E-state index in [2.05, 4.69) is 394 Å². The van der Waals surface area contributed by atoms with Crippen molar-refractivity contribution in [2.24, 2.45) is 0 Å². The first-order valence-corrected chi connectivity index (χ1v) is 51.9. The Labute approximate surface area is 870 Å². The van der Waals surface area contributed by atoms with Gasteiger partial charge in [0.15, 0.2) is 0 Å². The monoisotopic (exact) mass is 2130 g/mol. The Kier molecular flexibility index (Phi) is 37.6. The molecule has 0 unspecified atom stereocenters. The van der Waals surface area contributed by atoms with Gasteiger partial charge >= 0.3 is 19.5 Å². The molecule has 22 aromatic rings. The van der Waals surface area contributed by atoms with Crippen LogP contribution in [-0.2, 0) is 39.4 Å². The number of rotatable bonds is 18. The predicted octanol–water partition coefficient (Wildman–Crippen LogP) is 21.7. The molecule has 0 fully saturated rings. The summed E-state index contributed by atoms with van der Waals surface area (Å²) in [6.45, 7) is -0.293. The van der Waals surface area contributed by atoms with Crippen molar-refractivity contribution in [1.29, 1.82) is 0 Å². The Bertz CT molecular complexity index is 7270. The summed E-state index contributed by atoms with van der Waals surface area (Å²) in [6, 6.07) is 157. The topological polar surface area (TPSA) is 191 Å². The summed E-state index contributed by atoms with van der Waals surface area (Å²) in [6.07, 6.45) is -2.92. The minimum atomic E-state index is -4.56. The number of fused-ring (bicyclic) bond motifs is 6. The Morgan fingerprint density at radius 2 is 0.612 bits per heavy atom. The zero-order chi connectivity index (χ0) is 102. The second-order valence-electron chi connectivity index (χ2n) is 32.3. The van der Waals surface area contributed by atoms with Gasteiger partial charge in [0.25, 0.3) is 11.1 Å². The number of alkyl halides is 6. The summed E-state index contributed by atoms with van der Waals surface area (Å²) in [5, 5.41) is 45.3. The minimum absolute atomic E-state index is 0. The number of hydrogen-bond acceptors (Lipinski definition) is 12. The number of nitrogens with zero attached hydrogens (tertiary/aromatic N) is 8. The standard InChI is InChI=1S/C24H15F3N4O2.C18H9ClF3N3O.4C18H15P.C6H8BNO3.Pd/c25-24(26,27)15-3-1-4-16(11-15)31-21(33)9-6-14-12-29-19-8-7-18(30-22(19)23(14)31)17-5-2-10-28-20(17)13-32;19-14-6-5-13-16(24-14)17-10(9-23-13)4-7-15(26)25(17)12-3-1-2-11(8-12)18(20,21)22;4*1-4-10-16(11-5-1)19(17-12-6-2-7-13-17)18-14-8-3-9-15-18;1-11-6-5(7(9)10)3-2-4-8-6;/h1-12,32H,13H2;1-9H;4*1-15H;2-4,9-10H,1H3;. The van der Waals surface area contributed by atoms with Crippen molar-refractivity contribution in [3.63, 3.8) is 0 Å². The number of ether oxygens (including phenoxy) is 1. The van der Waals surface area contributed by atoms with Crippen LogP contribution in [-0.4, -0.2) is 68.4 Å². The van der Waals surface area contributed by atoms with Crippen molar-refractivity contribution in [2.75, 3.05) is 7.11 Å². The molecule has 14 nitrogen and oxygen atoms in total. The van der Waals surface area contributed by atoms with E-state index < -0.39 is 73.4 Å². The molecule has 0 atom stereocenters. The average molecular weight is 2130 g/mol. The van der Waals surface area contributed by atoms with Crippen molar-refractivity contribution in [2.45, 2.75) is 19.0 Å². The van der Waals surface area contributed by atoms with Crippen molar-refractivity contribution < 1.29 is 66.7 Å². The number of aromatic nitrogens is 8. The van der Waals surface area contributed by atoms with Gasteiger partial charge in [0, 0.05) is 90.5 Å². The van der Waals surface area contributed by atoms with Crippen LogP contribution < -0.4 is 85.0 Å². The number of aliphatic hydroxyl groups is 1. The molecule has 8 heterocycles. The minimum Gasteiger partial charge on any atom is -0.481 e. The number of benzene rings is 14. The summed E-state index contributed by atoms with van der Waals surface area (Å²) < 4.78 is 86.4. The number of halogens is 7. The van der Waals surface area contributed by atoms with Crippen LogP contribution in [0.3, 0.4) is 0 Å². The van der Waals surface area contributed by atoms with Crippen LogP contribution in [0, 0.1) is 0 Å². The van der Waals surface area contributed by atoms with Crippen LogP contribution in [0.5, 0.6) is 5.88 Å². The van der Waals surface area contributed by atoms with Crippen molar-refractivity contribution in [3.05, 3.63) is 553 Å². The number of methoxy groups -OCH3 is 1. The van der Waals surface area contributed by atoms with Gasteiger partial charge in [0.1, 0.15) is 16.2 Å². The molecule has 14 aromatic carbocycles. The third-order valence-electron chi connectivity index (χ3n) is 22.7. The van der Waals surface area contributed by atoms with E-state index in [9.17, 15) is 41.0 Å². The second-order valence-corrected chi connectivity index (χ2v) is 41.6. The Balaban J connectivity index is 0.000000131.